The summed E-state index contributed by atoms with van der Waals surface area (Å²) in [6, 6.07) is 10.9. The minimum atomic E-state index is -0.331. The van der Waals surface area contributed by atoms with Gasteiger partial charge in [0.1, 0.15) is 0 Å². The lowest BCUT2D eigenvalue weighted by Gasteiger charge is -2.11. The van der Waals surface area contributed by atoms with E-state index in [1.54, 1.807) is 18.2 Å². The molecular formula is C19H16Cl2N4O. The average Bonchev–Trinajstić information content (AvgIpc) is 2.62. The lowest BCUT2D eigenvalue weighted by molar-refractivity contribution is 0.102. The van der Waals surface area contributed by atoms with E-state index < -0.39 is 0 Å². The van der Waals surface area contributed by atoms with Gasteiger partial charge in [0, 0.05) is 23.8 Å². The highest BCUT2D eigenvalue weighted by Crippen LogP contribution is 2.25. The summed E-state index contributed by atoms with van der Waals surface area (Å²) in [5, 5.41) is 6.71. The Kier molecular flexibility index (Phi) is 5.40. The number of amides is 1. The Labute approximate surface area is 161 Å². The van der Waals surface area contributed by atoms with Crippen LogP contribution in [0.3, 0.4) is 0 Å². The van der Waals surface area contributed by atoms with Gasteiger partial charge in [-0.15, -0.1) is 0 Å². The van der Waals surface area contributed by atoms with E-state index >= 15 is 0 Å². The number of rotatable bonds is 4. The van der Waals surface area contributed by atoms with Crippen LogP contribution in [0.2, 0.25) is 10.0 Å². The molecule has 0 saturated carbocycles. The first kappa shape index (κ1) is 18.2. The largest absolute Gasteiger partial charge is 0.324 e. The molecule has 26 heavy (non-hydrogen) atoms. The Hall–Kier alpha value is -2.63. The van der Waals surface area contributed by atoms with Gasteiger partial charge in [-0.3, -0.25) is 4.79 Å². The molecule has 0 bridgehead atoms. The van der Waals surface area contributed by atoms with Crippen molar-refractivity contribution in [2.75, 3.05) is 10.6 Å². The van der Waals surface area contributed by atoms with Crippen molar-refractivity contribution in [1.82, 2.24) is 9.97 Å². The molecule has 0 atom stereocenters. The van der Waals surface area contributed by atoms with Gasteiger partial charge in [-0.2, -0.15) is 0 Å². The van der Waals surface area contributed by atoms with Gasteiger partial charge < -0.3 is 10.6 Å². The van der Waals surface area contributed by atoms with Crippen LogP contribution in [0.15, 0.2) is 48.8 Å². The molecule has 1 amide bonds. The lowest BCUT2D eigenvalue weighted by Crippen LogP contribution is -2.13. The molecule has 0 saturated heterocycles. The van der Waals surface area contributed by atoms with Crippen molar-refractivity contribution in [3.63, 3.8) is 0 Å². The number of hydrogen-bond acceptors (Lipinski definition) is 4. The fourth-order valence-corrected chi connectivity index (χ4v) is 2.71. The fourth-order valence-electron chi connectivity index (χ4n) is 2.41. The minimum absolute atomic E-state index is 0.331. The van der Waals surface area contributed by atoms with Gasteiger partial charge in [-0.05, 0) is 43.2 Å². The molecule has 0 radical (unpaired) electrons. The van der Waals surface area contributed by atoms with Crippen LogP contribution < -0.4 is 10.6 Å². The van der Waals surface area contributed by atoms with Crippen LogP contribution in [0.5, 0.6) is 0 Å². The summed E-state index contributed by atoms with van der Waals surface area (Å²) in [4.78, 5) is 20.7. The van der Waals surface area contributed by atoms with E-state index in [0.29, 0.717) is 27.2 Å². The Morgan fingerprint density at radius 2 is 1.62 bits per heavy atom. The van der Waals surface area contributed by atoms with E-state index in [1.807, 2.05) is 32.0 Å². The fraction of sp³-hybridized carbons (Fsp3) is 0.105. The molecule has 0 aliphatic rings. The number of hydrogen-bond donors (Lipinski definition) is 2. The third-order valence-electron chi connectivity index (χ3n) is 3.81. The molecule has 0 unspecified atom stereocenters. The molecule has 2 N–H and O–H groups in total. The molecule has 1 aromatic heterocycles. The molecule has 2 aromatic carbocycles. The first-order chi connectivity index (χ1) is 12.4. The van der Waals surface area contributed by atoms with Crippen LogP contribution in [-0.4, -0.2) is 15.9 Å². The van der Waals surface area contributed by atoms with Crippen LogP contribution in [-0.2, 0) is 0 Å². The summed E-state index contributed by atoms with van der Waals surface area (Å²) in [5.74, 6) is 0.0931. The number of carbonyl (C=O) groups excluding carboxylic acids is 1. The second kappa shape index (κ2) is 7.72. The minimum Gasteiger partial charge on any atom is -0.324 e. The number of carbonyl (C=O) groups is 1. The number of nitrogens with zero attached hydrogens (tertiary/aromatic N) is 2. The average molecular weight is 387 g/mol. The first-order valence-electron chi connectivity index (χ1n) is 7.86. The summed E-state index contributed by atoms with van der Waals surface area (Å²) < 4.78 is 0. The second-order valence-corrected chi connectivity index (χ2v) is 6.58. The number of para-hydroxylation sites is 1. The van der Waals surface area contributed by atoms with Crippen molar-refractivity contribution >= 4 is 46.4 Å². The third kappa shape index (κ3) is 4.12. The number of aryl methyl sites for hydroxylation is 2. The highest BCUT2D eigenvalue weighted by atomic mass is 35.5. The molecule has 0 aliphatic carbocycles. The Balaban J connectivity index is 1.72. The maximum Gasteiger partial charge on any atom is 0.258 e. The SMILES string of the molecule is Cc1cccc(C)c1Nc1ncc(C(=O)Nc2ccc(Cl)c(Cl)c2)cn1. The summed E-state index contributed by atoms with van der Waals surface area (Å²) in [5.41, 5.74) is 4.02. The van der Waals surface area contributed by atoms with Gasteiger partial charge in [-0.1, -0.05) is 41.4 Å². The molecule has 3 rings (SSSR count). The van der Waals surface area contributed by atoms with Crippen LogP contribution in [0, 0.1) is 13.8 Å². The number of aromatic nitrogens is 2. The number of anilines is 3. The lowest BCUT2D eigenvalue weighted by atomic mass is 10.1. The Morgan fingerprint density at radius 1 is 0.962 bits per heavy atom. The molecule has 3 aromatic rings. The molecular weight excluding hydrogens is 371 g/mol. The standard InChI is InChI=1S/C19H16Cl2N4O/c1-11-4-3-5-12(2)17(11)25-19-22-9-13(10-23-19)18(26)24-14-6-7-15(20)16(21)8-14/h3-10H,1-2H3,(H,24,26)(H,22,23,25). The van der Waals surface area contributed by atoms with E-state index in [-0.39, 0.29) is 5.91 Å². The summed E-state index contributed by atoms with van der Waals surface area (Å²) in [6.45, 7) is 4.02. The molecule has 7 heteroatoms. The highest BCUT2D eigenvalue weighted by molar-refractivity contribution is 6.42. The normalized spacial score (nSPS) is 10.5. The zero-order valence-electron chi connectivity index (χ0n) is 14.2. The summed E-state index contributed by atoms with van der Waals surface area (Å²) in [6.07, 6.45) is 2.94. The van der Waals surface area contributed by atoms with Crippen molar-refractivity contribution in [2.45, 2.75) is 13.8 Å². The maximum absolute atomic E-state index is 12.3. The number of nitrogens with one attached hydrogen (secondary N) is 2. The van der Waals surface area contributed by atoms with Gasteiger partial charge in [0.05, 0.1) is 15.6 Å². The van der Waals surface area contributed by atoms with Gasteiger partial charge >= 0.3 is 0 Å². The topological polar surface area (TPSA) is 66.9 Å². The summed E-state index contributed by atoms with van der Waals surface area (Å²) >= 11 is 11.8. The van der Waals surface area contributed by atoms with E-state index in [0.717, 1.165) is 16.8 Å². The number of benzene rings is 2. The second-order valence-electron chi connectivity index (χ2n) is 5.77. The molecule has 132 valence electrons. The van der Waals surface area contributed by atoms with Crippen molar-refractivity contribution in [2.24, 2.45) is 0 Å². The van der Waals surface area contributed by atoms with Gasteiger partial charge in [0.2, 0.25) is 5.95 Å². The van der Waals surface area contributed by atoms with Crippen LogP contribution >= 0.6 is 23.2 Å². The quantitative estimate of drug-likeness (QED) is 0.629. The predicted molar refractivity (Wildman–Crippen MR) is 106 cm³/mol. The van der Waals surface area contributed by atoms with E-state index in [1.165, 1.54) is 12.4 Å². The first-order valence-corrected chi connectivity index (χ1v) is 8.61. The van der Waals surface area contributed by atoms with Crippen LogP contribution in [0.25, 0.3) is 0 Å². The zero-order chi connectivity index (χ0) is 18.7. The predicted octanol–water partition coefficient (Wildman–Crippen LogP) is 5.40. The van der Waals surface area contributed by atoms with Crippen molar-refractivity contribution < 1.29 is 4.79 Å². The molecule has 1 heterocycles. The molecule has 0 spiro atoms. The van der Waals surface area contributed by atoms with Crippen molar-refractivity contribution in [3.05, 3.63) is 75.5 Å². The molecule has 0 fully saturated rings. The molecule has 0 aliphatic heterocycles. The highest BCUT2D eigenvalue weighted by Gasteiger charge is 2.10. The van der Waals surface area contributed by atoms with E-state index in [4.69, 9.17) is 23.2 Å². The molecule has 5 nitrogen and oxygen atoms in total. The third-order valence-corrected chi connectivity index (χ3v) is 4.55. The van der Waals surface area contributed by atoms with Gasteiger partial charge in [0.15, 0.2) is 0 Å². The maximum atomic E-state index is 12.3. The van der Waals surface area contributed by atoms with Crippen LogP contribution in [0.1, 0.15) is 21.5 Å². The summed E-state index contributed by atoms with van der Waals surface area (Å²) in [7, 11) is 0. The smallest absolute Gasteiger partial charge is 0.258 e. The van der Waals surface area contributed by atoms with Gasteiger partial charge in [0.25, 0.3) is 5.91 Å². The zero-order valence-corrected chi connectivity index (χ0v) is 15.7. The van der Waals surface area contributed by atoms with E-state index in [2.05, 4.69) is 20.6 Å². The monoisotopic (exact) mass is 386 g/mol. The van der Waals surface area contributed by atoms with Gasteiger partial charge in [-0.25, -0.2) is 9.97 Å². The van der Waals surface area contributed by atoms with Crippen molar-refractivity contribution in [1.29, 1.82) is 0 Å². The van der Waals surface area contributed by atoms with E-state index in [9.17, 15) is 4.79 Å². The number of halogens is 2. The van der Waals surface area contributed by atoms with Crippen molar-refractivity contribution in [3.8, 4) is 0 Å². The Bertz CT molecular complexity index is 938. The van der Waals surface area contributed by atoms with Crippen LogP contribution in [0.4, 0.5) is 17.3 Å². The Morgan fingerprint density at radius 3 is 2.23 bits per heavy atom.